The van der Waals surface area contributed by atoms with E-state index in [1.54, 1.807) is 12.1 Å². The predicted octanol–water partition coefficient (Wildman–Crippen LogP) is 3.58. The van der Waals surface area contributed by atoms with Gasteiger partial charge in [-0.3, -0.25) is 0 Å². The predicted molar refractivity (Wildman–Crippen MR) is 68.1 cm³/mol. The zero-order chi connectivity index (χ0) is 12.7. The van der Waals surface area contributed by atoms with Crippen molar-refractivity contribution in [3.63, 3.8) is 0 Å². The van der Waals surface area contributed by atoms with E-state index in [4.69, 9.17) is 4.74 Å². The fraction of sp³-hybridized carbons (Fsp3) is 0.417. The Kier molecular flexibility index (Phi) is 6.81. The van der Waals surface area contributed by atoms with Crippen LogP contribution in [0.5, 0.6) is 5.75 Å². The minimum absolute atomic E-state index is 0.400. The number of hydrogen-bond acceptors (Lipinski definition) is 3. The highest BCUT2D eigenvalue weighted by Gasteiger charge is 2.14. The Morgan fingerprint density at radius 3 is 2.25 bits per heavy atom. The maximum atomic E-state index is 11.3. The molecule has 0 heterocycles. The first-order valence-electron chi connectivity index (χ1n) is 5.02. The van der Waals surface area contributed by atoms with E-state index in [0.717, 1.165) is 10.0 Å². The van der Waals surface area contributed by atoms with Crippen molar-refractivity contribution in [2.75, 3.05) is 14.2 Å². The van der Waals surface area contributed by atoms with Crippen LogP contribution in [0.15, 0.2) is 16.6 Å². The van der Waals surface area contributed by atoms with E-state index in [9.17, 15) is 4.79 Å². The van der Waals surface area contributed by atoms with Gasteiger partial charge in [0, 0.05) is 4.47 Å². The van der Waals surface area contributed by atoms with Crippen molar-refractivity contribution in [3.05, 3.63) is 27.7 Å². The third-order valence-corrected chi connectivity index (χ3v) is 2.74. The largest absolute Gasteiger partial charge is 0.496 e. The summed E-state index contributed by atoms with van der Waals surface area (Å²) < 4.78 is 10.6. The first-order chi connectivity index (χ1) is 7.60. The molecule has 0 amide bonds. The van der Waals surface area contributed by atoms with Gasteiger partial charge in [0.1, 0.15) is 11.3 Å². The van der Waals surface area contributed by atoms with E-state index < -0.39 is 5.97 Å². The highest BCUT2D eigenvalue weighted by molar-refractivity contribution is 9.10. The summed E-state index contributed by atoms with van der Waals surface area (Å²) in [5, 5.41) is 0. The lowest BCUT2D eigenvalue weighted by molar-refractivity contribution is 0.0597. The molecule has 0 aromatic heterocycles. The lowest BCUT2D eigenvalue weighted by atomic mass is 10.1. The zero-order valence-electron chi connectivity index (χ0n) is 10.3. The second-order valence-corrected chi connectivity index (χ2v) is 3.65. The molecule has 0 saturated carbocycles. The number of carbonyl (C=O) groups excluding carboxylic acids is 1. The van der Waals surface area contributed by atoms with Crippen LogP contribution in [0.1, 0.15) is 29.8 Å². The number of aryl methyl sites for hydroxylation is 1. The molecule has 0 aliphatic carbocycles. The molecular weight excluding hydrogens is 272 g/mol. The van der Waals surface area contributed by atoms with Crippen molar-refractivity contribution >= 4 is 21.9 Å². The van der Waals surface area contributed by atoms with E-state index in [1.807, 2.05) is 20.8 Å². The molecule has 0 unspecified atom stereocenters. The van der Waals surface area contributed by atoms with Gasteiger partial charge in [-0.15, -0.1) is 0 Å². The van der Waals surface area contributed by atoms with Gasteiger partial charge in [-0.25, -0.2) is 4.79 Å². The maximum absolute atomic E-state index is 11.3. The molecule has 0 spiro atoms. The fourth-order valence-corrected chi connectivity index (χ4v) is 1.44. The molecule has 0 aliphatic rings. The second-order valence-electron chi connectivity index (χ2n) is 2.79. The lowest BCUT2D eigenvalue weighted by Crippen LogP contribution is -2.04. The SMILES string of the molecule is CC.COC(=O)c1cc(Br)c(C)cc1OC. The highest BCUT2D eigenvalue weighted by atomic mass is 79.9. The van der Waals surface area contributed by atoms with Gasteiger partial charge in [-0.1, -0.05) is 29.8 Å². The third-order valence-electron chi connectivity index (χ3n) is 1.89. The van der Waals surface area contributed by atoms with Crippen molar-refractivity contribution in [3.8, 4) is 5.75 Å². The molecule has 0 N–H and O–H groups in total. The van der Waals surface area contributed by atoms with E-state index in [2.05, 4.69) is 20.7 Å². The summed E-state index contributed by atoms with van der Waals surface area (Å²) in [5.74, 6) is 0.125. The Morgan fingerprint density at radius 2 is 1.81 bits per heavy atom. The van der Waals surface area contributed by atoms with Crippen LogP contribution in [0.4, 0.5) is 0 Å². The summed E-state index contributed by atoms with van der Waals surface area (Å²) in [6.45, 7) is 5.92. The molecule has 0 saturated heterocycles. The van der Waals surface area contributed by atoms with Gasteiger partial charge >= 0.3 is 5.97 Å². The molecule has 0 fully saturated rings. The van der Waals surface area contributed by atoms with Crippen LogP contribution in [0.3, 0.4) is 0 Å². The number of halogens is 1. The number of benzene rings is 1. The summed E-state index contributed by atoms with van der Waals surface area (Å²) in [6, 6.07) is 3.48. The Balaban J connectivity index is 0.00000106. The first kappa shape index (κ1) is 15.0. The average Bonchev–Trinajstić information content (AvgIpc) is 2.33. The van der Waals surface area contributed by atoms with Crippen LogP contribution in [0.2, 0.25) is 0 Å². The number of carbonyl (C=O) groups is 1. The summed E-state index contributed by atoms with van der Waals surface area (Å²) in [7, 11) is 2.87. The van der Waals surface area contributed by atoms with Gasteiger partial charge in [0.05, 0.1) is 14.2 Å². The lowest BCUT2D eigenvalue weighted by Gasteiger charge is -2.08. The third kappa shape index (κ3) is 3.52. The quantitative estimate of drug-likeness (QED) is 0.781. The topological polar surface area (TPSA) is 35.5 Å². The van der Waals surface area contributed by atoms with Crippen LogP contribution in [0.25, 0.3) is 0 Å². The number of hydrogen-bond donors (Lipinski definition) is 0. The van der Waals surface area contributed by atoms with Crippen molar-refractivity contribution in [2.45, 2.75) is 20.8 Å². The smallest absolute Gasteiger partial charge is 0.341 e. The van der Waals surface area contributed by atoms with E-state index in [0.29, 0.717) is 11.3 Å². The summed E-state index contributed by atoms with van der Waals surface area (Å²) in [5.41, 5.74) is 1.43. The first-order valence-corrected chi connectivity index (χ1v) is 5.82. The normalized spacial score (nSPS) is 8.88. The molecule has 0 atom stereocenters. The Labute approximate surface area is 105 Å². The van der Waals surface area contributed by atoms with Gasteiger partial charge in [-0.2, -0.15) is 0 Å². The monoisotopic (exact) mass is 288 g/mol. The number of ether oxygens (including phenoxy) is 2. The molecular formula is C12H17BrO3. The van der Waals surface area contributed by atoms with Gasteiger partial charge < -0.3 is 9.47 Å². The standard InChI is InChI=1S/C10H11BrO3.C2H6/c1-6-4-9(13-2)7(5-8(6)11)10(12)14-3;1-2/h4-5H,1-3H3;1-2H3. The number of esters is 1. The van der Waals surface area contributed by atoms with Crippen LogP contribution < -0.4 is 4.74 Å². The summed E-state index contributed by atoms with van der Waals surface area (Å²) in [6.07, 6.45) is 0. The molecule has 16 heavy (non-hydrogen) atoms. The minimum atomic E-state index is -0.400. The summed E-state index contributed by atoms with van der Waals surface area (Å²) in [4.78, 5) is 11.3. The molecule has 1 rings (SSSR count). The van der Waals surface area contributed by atoms with Crippen LogP contribution in [0, 0.1) is 6.92 Å². The van der Waals surface area contributed by atoms with Gasteiger partial charge in [0.2, 0.25) is 0 Å². The van der Waals surface area contributed by atoms with Crippen molar-refractivity contribution in [1.29, 1.82) is 0 Å². The molecule has 0 radical (unpaired) electrons. The van der Waals surface area contributed by atoms with Gasteiger partial charge in [0.25, 0.3) is 0 Å². The Bertz CT molecular complexity index is 362. The molecule has 90 valence electrons. The highest BCUT2D eigenvalue weighted by Crippen LogP contribution is 2.27. The maximum Gasteiger partial charge on any atom is 0.341 e. The van der Waals surface area contributed by atoms with Crippen molar-refractivity contribution in [1.82, 2.24) is 0 Å². The van der Waals surface area contributed by atoms with E-state index in [-0.39, 0.29) is 0 Å². The number of methoxy groups -OCH3 is 2. The van der Waals surface area contributed by atoms with Crippen LogP contribution in [-0.4, -0.2) is 20.2 Å². The van der Waals surface area contributed by atoms with E-state index >= 15 is 0 Å². The fourth-order valence-electron chi connectivity index (χ4n) is 1.09. The second kappa shape index (κ2) is 7.28. The Morgan fingerprint density at radius 1 is 1.25 bits per heavy atom. The van der Waals surface area contributed by atoms with Crippen LogP contribution >= 0.6 is 15.9 Å². The molecule has 4 heteroatoms. The van der Waals surface area contributed by atoms with E-state index in [1.165, 1.54) is 14.2 Å². The summed E-state index contributed by atoms with van der Waals surface area (Å²) >= 11 is 3.34. The van der Waals surface area contributed by atoms with Crippen molar-refractivity contribution in [2.24, 2.45) is 0 Å². The van der Waals surface area contributed by atoms with Crippen molar-refractivity contribution < 1.29 is 14.3 Å². The van der Waals surface area contributed by atoms with Gasteiger partial charge in [-0.05, 0) is 24.6 Å². The van der Waals surface area contributed by atoms with Crippen LogP contribution in [-0.2, 0) is 4.74 Å². The zero-order valence-corrected chi connectivity index (χ0v) is 11.8. The minimum Gasteiger partial charge on any atom is -0.496 e. The molecule has 0 aliphatic heterocycles. The Hall–Kier alpha value is -1.03. The number of rotatable bonds is 2. The molecule has 1 aromatic carbocycles. The average molecular weight is 289 g/mol. The molecule has 0 bridgehead atoms. The van der Waals surface area contributed by atoms with Gasteiger partial charge in [0.15, 0.2) is 0 Å². The molecule has 3 nitrogen and oxygen atoms in total. The molecule has 1 aromatic rings.